The number of nitrogens with zero attached hydrogens (tertiary/aromatic N) is 1. The van der Waals surface area contributed by atoms with Crippen LogP contribution in [0.1, 0.15) is 99.9 Å². The van der Waals surface area contributed by atoms with Gasteiger partial charge in [-0.05, 0) is 252 Å². The number of anilines is 5. The fourth-order valence-electron chi connectivity index (χ4n) is 20.4. The Bertz CT molecular complexity index is 7710. The van der Waals surface area contributed by atoms with Crippen molar-refractivity contribution in [3.63, 3.8) is 0 Å². The zero-order valence-electron chi connectivity index (χ0n) is 79.5. The van der Waals surface area contributed by atoms with Crippen molar-refractivity contribution in [2.45, 2.75) is 77.0 Å². The molecule has 4 nitrogen and oxygen atoms in total. The molecule has 0 fully saturated rings. The third-order valence-electron chi connectivity index (χ3n) is 27.8. The Morgan fingerprint density at radius 3 is 0.835 bits per heavy atom. The first-order valence-electron chi connectivity index (χ1n) is 47.8. The quantitative estimate of drug-likeness (QED) is 0.101. The second-order valence-electron chi connectivity index (χ2n) is 38.0. The average molecular weight is 1930 g/mol. The molecule has 676 valence electrons. The van der Waals surface area contributed by atoms with E-state index in [1.165, 1.54) is 167 Å². The first-order valence-corrected chi connectivity index (χ1v) is 49.4. The first kappa shape index (κ1) is 93.0. The number of hydrogen-bond acceptors (Lipinski definition) is 4. The highest BCUT2D eigenvalue weighted by atomic mass is 79.9. The van der Waals surface area contributed by atoms with Crippen LogP contribution in [0.5, 0.6) is 0 Å². The van der Waals surface area contributed by atoms with Crippen molar-refractivity contribution in [1.29, 1.82) is 0 Å². The van der Waals surface area contributed by atoms with Gasteiger partial charge in [-0.1, -0.05) is 494 Å². The Balaban J connectivity index is 0.000000114. The summed E-state index contributed by atoms with van der Waals surface area (Å²) in [5.74, 6) is 0. The summed E-state index contributed by atoms with van der Waals surface area (Å²) in [5, 5.41) is 20.7. The molecule has 4 aliphatic rings. The molecule has 0 atom stereocenters. The van der Waals surface area contributed by atoms with Crippen molar-refractivity contribution in [2.24, 2.45) is 0 Å². The summed E-state index contributed by atoms with van der Waals surface area (Å²) in [4.78, 5) is 2.42. The zero-order chi connectivity index (χ0) is 95.8. The van der Waals surface area contributed by atoms with Crippen molar-refractivity contribution in [3.05, 3.63) is 551 Å². The van der Waals surface area contributed by atoms with E-state index in [0.717, 1.165) is 37.4 Å². The Hall–Kier alpha value is -15.1. The maximum absolute atomic E-state index is 8.58. The van der Waals surface area contributed by atoms with Crippen LogP contribution < -0.4 is 15.7 Å². The molecule has 0 aliphatic heterocycles. The molecular formula is C132H109BBr2N2O2. The van der Waals surface area contributed by atoms with Crippen molar-refractivity contribution >= 4 is 72.9 Å². The summed E-state index contributed by atoms with van der Waals surface area (Å²) < 4.78 is 2.31. The molecule has 24 rings (SSSR count). The van der Waals surface area contributed by atoms with Gasteiger partial charge in [-0.15, -0.1) is 0 Å². The summed E-state index contributed by atoms with van der Waals surface area (Å²) in [6.45, 7) is 18.6. The predicted octanol–water partition coefficient (Wildman–Crippen LogP) is 35.4. The van der Waals surface area contributed by atoms with Gasteiger partial charge in [0.2, 0.25) is 0 Å². The molecule has 0 unspecified atom stereocenters. The van der Waals surface area contributed by atoms with Gasteiger partial charge in [-0.3, -0.25) is 0 Å². The molecule has 0 saturated heterocycles. The normalized spacial score (nSPS) is 13.0. The molecule has 0 heterocycles. The largest absolute Gasteiger partial charge is 0.488 e. The van der Waals surface area contributed by atoms with Crippen molar-refractivity contribution in [3.8, 4) is 122 Å². The predicted molar refractivity (Wildman–Crippen MR) is 597 cm³/mol. The van der Waals surface area contributed by atoms with Gasteiger partial charge in [0.25, 0.3) is 0 Å². The number of para-hydroxylation sites is 2. The van der Waals surface area contributed by atoms with Crippen LogP contribution in [0.25, 0.3) is 122 Å². The minimum atomic E-state index is -1.34. The second-order valence-corrected chi connectivity index (χ2v) is 39.8. The van der Waals surface area contributed by atoms with E-state index in [-0.39, 0.29) is 21.7 Å². The molecule has 0 aromatic heterocycles. The van der Waals surface area contributed by atoms with E-state index in [1.807, 2.05) is 18.2 Å². The standard InChI is InChI=1S/C45H35N.C24H19N.C21H17Br.C21H18.C15H13Br.C6H7BO2/c1-45(2)42-30-36(33-16-8-4-9-17-33)24-28-40(42)41-29-27-38(31-43(41)45)46(37-25-22-34(23-26-37)32-14-6-3-7-15-32)44-21-13-12-20-39(44)35-18-10-5-11-19-35;1-3-9-19(10-4-1)20-15-17-22(18-16-20)25-24-14-8-7-13-23(24)21-11-5-2-6-12-21;1-21(2)19-12-15(14-6-4-3-5-7-14)8-10-17(19)18-11-9-16(22)13-20(18)21;1-21(2)19-11-7-6-10-17(19)18-13-12-16(14-20(18)21)15-8-4-3-5-9-15;1-15(2)13-6-4-3-5-11(13)12-8-7-10(16)9-14(12)15;8-7(9)6-4-2-1-3-5-6/h3-31H,1-2H3;1-18,25H;3-13H,1-2H3;3-14H,1-2H3;3-9H,1-2H3;1-5,8-9H. The highest BCUT2D eigenvalue weighted by molar-refractivity contribution is 9.10. The molecule has 0 bridgehead atoms. The zero-order valence-corrected chi connectivity index (χ0v) is 82.7. The third-order valence-corrected chi connectivity index (χ3v) is 28.8. The Morgan fingerprint density at radius 2 is 0.453 bits per heavy atom. The van der Waals surface area contributed by atoms with E-state index in [2.05, 4.69) is 552 Å². The maximum Gasteiger partial charge on any atom is 0.488 e. The van der Waals surface area contributed by atoms with Crippen LogP contribution in [0.15, 0.2) is 506 Å². The smallest absolute Gasteiger partial charge is 0.423 e. The summed E-state index contributed by atoms with van der Waals surface area (Å²) in [7, 11) is -1.34. The van der Waals surface area contributed by atoms with Gasteiger partial charge in [0.15, 0.2) is 0 Å². The van der Waals surface area contributed by atoms with E-state index in [0.29, 0.717) is 5.46 Å². The van der Waals surface area contributed by atoms with E-state index in [4.69, 9.17) is 10.0 Å². The number of nitrogens with one attached hydrogen (secondary N) is 1. The van der Waals surface area contributed by atoms with Crippen LogP contribution in [0, 0.1) is 0 Å². The fourth-order valence-corrected chi connectivity index (χ4v) is 21.1. The lowest BCUT2D eigenvalue weighted by molar-refractivity contribution is 0.426. The van der Waals surface area contributed by atoms with Gasteiger partial charge in [-0.25, -0.2) is 0 Å². The average Bonchev–Trinajstić information content (AvgIpc) is 1.57. The van der Waals surface area contributed by atoms with Crippen molar-refractivity contribution in [1.82, 2.24) is 0 Å². The molecule has 4 aliphatic carbocycles. The lowest BCUT2D eigenvalue weighted by Gasteiger charge is -2.30. The SMILES string of the molecule is CC1(C)c2cc(-c3ccccc3)ccc2-c2ccc(N(c3ccc(-c4ccccc4)cc3)c3ccccc3-c3ccccc3)cc21.CC1(C)c2cc(Br)ccc2-c2ccc(-c3ccccc3)cc21.CC1(C)c2ccccc2-c2ccc(-c3ccccc3)cc21.CC1(C)c2ccccc2-c2ccc(Br)cc21.OB(O)c1ccccc1.c1ccc(-c2ccc(Nc3ccccc3-c3ccccc3)cc2)cc1. The summed E-state index contributed by atoms with van der Waals surface area (Å²) in [6, 6.07) is 176. The number of halogens is 2. The summed E-state index contributed by atoms with van der Waals surface area (Å²) in [6.07, 6.45) is 0. The van der Waals surface area contributed by atoms with Crippen LogP contribution in [0.2, 0.25) is 0 Å². The van der Waals surface area contributed by atoms with Gasteiger partial charge < -0.3 is 20.3 Å². The van der Waals surface area contributed by atoms with E-state index in [1.54, 1.807) is 24.3 Å². The summed E-state index contributed by atoms with van der Waals surface area (Å²) in [5.41, 5.74) is 45.8. The molecule has 7 heteroatoms. The molecule has 20 aromatic carbocycles. The van der Waals surface area contributed by atoms with Gasteiger partial charge >= 0.3 is 7.12 Å². The molecule has 0 radical (unpaired) electrons. The number of rotatable bonds is 13. The van der Waals surface area contributed by atoms with E-state index in [9.17, 15) is 0 Å². The Kier molecular flexibility index (Phi) is 27.2. The highest BCUT2D eigenvalue weighted by Gasteiger charge is 2.40. The van der Waals surface area contributed by atoms with E-state index < -0.39 is 7.12 Å². The van der Waals surface area contributed by atoms with Crippen LogP contribution in [0.3, 0.4) is 0 Å². The van der Waals surface area contributed by atoms with Crippen LogP contribution in [0.4, 0.5) is 28.4 Å². The molecular weight excluding hydrogens is 1820 g/mol. The minimum absolute atomic E-state index is 0.0409. The van der Waals surface area contributed by atoms with Gasteiger partial charge in [0.05, 0.1) is 5.69 Å². The lowest BCUT2D eigenvalue weighted by atomic mass is 9.81. The monoisotopic (exact) mass is 1920 g/mol. The molecule has 20 aromatic rings. The molecule has 0 saturated carbocycles. The third kappa shape index (κ3) is 19.6. The van der Waals surface area contributed by atoms with Crippen molar-refractivity contribution < 1.29 is 10.0 Å². The molecule has 3 N–H and O–H groups in total. The van der Waals surface area contributed by atoms with Crippen molar-refractivity contribution in [2.75, 3.05) is 10.2 Å². The van der Waals surface area contributed by atoms with Crippen LogP contribution in [-0.2, 0) is 21.7 Å². The summed E-state index contributed by atoms with van der Waals surface area (Å²) >= 11 is 7.17. The lowest BCUT2D eigenvalue weighted by Crippen LogP contribution is -2.29. The minimum Gasteiger partial charge on any atom is -0.423 e. The number of hydrogen-bond donors (Lipinski definition) is 3. The van der Waals surface area contributed by atoms with Crippen LogP contribution in [-0.4, -0.2) is 17.2 Å². The Labute approximate surface area is 836 Å². The maximum atomic E-state index is 8.58. The number of fused-ring (bicyclic) bond motifs is 12. The van der Waals surface area contributed by atoms with E-state index >= 15 is 0 Å². The molecule has 0 spiro atoms. The first-order chi connectivity index (χ1) is 67.6. The second kappa shape index (κ2) is 40.7. The van der Waals surface area contributed by atoms with Gasteiger partial charge in [-0.2, -0.15) is 0 Å². The molecule has 139 heavy (non-hydrogen) atoms. The topological polar surface area (TPSA) is 55.7 Å². The Morgan fingerprint density at radius 1 is 0.201 bits per heavy atom. The van der Waals surface area contributed by atoms with Gasteiger partial charge in [0, 0.05) is 64.5 Å². The molecule has 0 amide bonds. The number of benzene rings is 20. The van der Waals surface area contributed by atoms with Crippen LogP contribution >= 0.6 is 31.9 Å². The highest BCUT2D eigenvalue weighted by Crippen LogP contribution is 2.56. The van der Waals surface area contributed by atoms with Gasteiger partial charge in [0.1, 0.15) is 0 Å². The fraction of sp³-hybridized carbons (Fsp3) is 0.0909.